The monoisotopic (exact) mass is 478 g/mol. The third-order valence-electron chi connectivity index (χ3n) is 5.23. The molecule has 0 aromatic rings. The highest BCUT2D eigenvalue weighted by atomic mass is 16.6. The molecule has 10 nitrogen and oxygen atoms in total. The fourth-order valence-electron chi connectivity index (χ4n) is 3.57. The summed E-state index contributed by atoms with van der Waals surface area (Å²) in [6, 6.07) is 0. The number of fused-ring (bicyclic) bond motifs is 1. The Labute approximate surface area is 197 Å². The molecule has 0 saturated carbocycles. The maximum absolute atomic E-state index is 12.7. The fraction of sp³-hybridized carbons (Fsp3) is 0.500. The molecule has 0 aromatic heterocycles. The van der Waals surface area contributed by atoms with Gasteiger partial charge in [0.15, 0.2) is 0 Å². The normalized spacial score (nSPS) is 28.6. The molecular weight excluding hydrogens is 448 g/mol. The zero-order chi connectivity index (χ0) is 25.6. The number of aliphatic hydroxyl groups is 2. The first-order chi connectivity index (χ1) is 15.9. The van der Waals surface area contributed by atoms with Crippen molar-refractivity contribution in [3.05, 3.63) is 46.3 Å². The summed E-state index contributed by atoms with van der Waals surface area (Å²) in [6.07, 6.45) is 2.05. The van der Waals surface area contributed by atoms with Crippen molar-refractivity contribution >= 4 is 23.9 Å². The maximum Gasteiger partial charge on any atom is 0.343 e. The van der Waals surface area contributed by atoms with Crippen LogP contribution in [0.25, 0.3) is 0 Å². The highest BCUT2D eigenvalue weighted by Crippen LogP contribution is 2.37. The highest BCUT2D eigenvalue weighted by molar-refractivity contribution is 5.96. The van der Waals surface area contributed by atoms with Crippen LogP contribution in [-0.4, -0.2) is 65.1 Å². The largest absolute Gasteiger partial charge is 0.461 e. The number of carbonyl (C=O) groups excluding carboxylic acids is 4. The lowest BCUT2D eigenvalue weighted by atomic mass is 9.89. The molecule has 1 aliphatic carbocycles. The zero-order valence-electron chi connectivity index (χ0n) is 19.9. The van der Waals surface area contributed by atoms with E-state index in [2.05, 4.69) is 0 Å². The van der Waals surface area contributed by atoms with Crippen LogP contribution < -0.4 is 0 Å². The van der Waals surface area contributed by atoms with Gasteiger partial charge in [-0.1, -0.05) is 6.08 Å². The zero-order valence-corrected chi connectivity index (χ0v) is 19.9. The van der Waals surface area contributed by atoms with Crippen LogP contribution in [0.5, 0.6) is 0 Å². The molecule has 0 saturated heterocycles. The van der Waals surface area contributed by atoms with Crippen molar-refractivity contribution in [3.63, 3.8) is 0 Å². The summed E-state index contributed by atoms with van der Waals surface area (Å²) in [5.41, 5.74) is -0.941. The summed E-state index contributed by atoms with van der Waals surface area (Å²) in [4.78, 5) is 48.2. The van der Waals surface area contributed by atoms with Crippen LogP contribution in [-0.2, 0) is 38.1 Å². The van der Waals surface area contributed by atoms with E-state index >= 15 is 0 Å². The number of ether oxygens (including phenoxy) is 4. The first-order valence-electron chi connectivity index (χ1n) is 10.7. The van der Waals surface area contributed by atoms with Gasteiger partial charge in [0.2, 0.25) is 0 Å². The first-order valence-corrected chi connectivity index (χ1v) is 10.7. The second kappa shape index (κ2) is 11.3. The van der Waals surface area contributed by atoms with Gasteiger partial charge in [0.05, 0.1) is 17.8 Å². The van der Waals surface area contributed by atoms with Crippen LogP contribution in [0.3, 0.4) is 0 Å². The Morgan fingerprint density at radius 3 is 2.44 bits per heavy atom. The third-order valence-corrected chi connectivity index (χ3v) is 5.23. The van der Waals surface area contributed by atoms with E-state index < -0.39 is 54.9 Å². The molecule has 0 unspecified atom stereocenters. The first kappa shape index (κ1) is 27.0. The second-order valence-electron chi connectivity index (χ2n) is 8.33. The molecule has 34 heavy (non-hydrogen) atoms. The van der Waals surface area contributed by atoms with Crippen molar-refractivity contribution in [2.24, 2.45) is 0 Å². The molecule has 0 spiro atoms. The molecule has 0 fully saturated rings. The minimum absolute atomic E-state index is 0.0532. The van der Waals surface area contributed by atoms with Crippen molar-refractivity contribution in [2.75, 3.05) is 13.2 Å². The lowest BCUT2D eigenvalue weighted by molar-refractivity contribution is -0.146. The van der Waals surface area contributed by atoms with Gasteiger partial charge in [-0.15, -0.1) is 0 Å². The average molecular weight is 478 g/mol. The minimum Gasteiger partial charge on any atom is -0.461 e. The van der Waals surface area contributed by atoms with Gasteiger partial charge in [-0.05, 0) is 38.5 Å². The van der Waals surface area contributed by atoms with Gasteiger partial charge in [-0.2, -0.15) is 0 Å². The molecular formula is C24H30O10. The predicted molar refractivity (Wildman–Crippen MR) is 118 cm³/mol. The Balaban J connectivity index is 2.70. The van der Waals surface area contributed by atoms with Crippen LogP contribution >= 0.6 is 0 Å². The minimum atomic E-state index is -1.64. The summed E-state index contributed by atoms with van der Waals surface area (Å²) >= 11 is 0. The number of allylic oxidation sites excluding steroid dienone is 1. The van der Waals surface area contributed by atoms with Crippen LogP contribution in [0.2, 0.25) is 0 Å². The molecule has 0 bridgehead atoms. The molecule has 0 radical (unpaired) electrons. The molecule has 0 amide bonds. The number of rotatable bonds is 6. The Kier molecular flexibility index (Phi) is 8.94. The quantitative estimate of drug-likeness (QED) is 0.250. The van der Waals surface area contributed by atoms with Crippen LogP contribution in [0.1, 0.15) is 47.5 Å². The number of hydrogen-bond donors (Lipinski definition) is 2. The van der Waals surface area contributed by atoms with E-state index in [-0.39, 0.29) is 29.7 Å². The van der Waals surface area contributed by atoms with Gasteiger partial charge in [-0.3, -0.25) is 9.59 Å². The standard InChI is InChI=1S/C24H30O10/c1-6-13(2)22(28)33-19-8-16(11-25)7-17(32-15(4)27)9-24(5,30)10-20-21(19)18(23(29)34-20)12-31-14(3)26/h6-7,10,17,19,25,30H,8-9,11-12H2,1-5H3/b13-6-,16-7-,20-10-/t17-,19+,24+/m1/s1. The average Bonchev–Trinajstić information content (AvgIpc) is 3.02. The van der Waals surface area contributed by atoms with Crippen molar-refractivity contribution < 1.29 is 48.3 Å². The van der Waals surface area contributed by atoms with Gasteiger partial charge in [-0.25, -0.2) is 9.59 Å². The number of aliphatic hydroxyl groups excluding tert-OH is 1. The van der Waals surface area contributed by atoms with E-state index in [0.717, 1.165) is 0 Å². The van der Waals surface area contributed by atoms with Gasteiger partial charge >= 0.3 is 23.9 Å². The fourth-order valence-corrected chi connectivity index (χ4v) is 3.57. The Morgan fingerprint density at radius 2 is 1.88 bits per heavy atom. The summed E-state index contributed by atoms with van der Waals surface area (Å²) in [5.74, 6) is -2.81. The topological polar surface area (TPSA) is 146 Å². The number of hydrogen-bond acceptors (Lipinski definition) is 10. The molecule has 186 valence electrons. The van der Waals surface area contributed by atoms with Crippen LogP contribution in [0.4, 0.5) is 0 Å². The Morgan fingerprint density at radius 1 is 1.21 bits per heavy atom. The van der Waals surface area contributed by atoms with E-state index in [4.69, 9.17) is 18.9 Å². The Bertz CT molecular complexity index is 980. The van der Waals surface area contributed by atoms with Crippen molar-refractivity contribution in [1.29, 1.82) is 0 Å². The SMILES string of the molecule is C/C=C(/C)C(=O)O[C@H]1C/C(CO)=C/[C@@H](OC(C)=O)C[C@](C)(O)/C=C2\OC(=O)C(COC(C)=O)=C21. The van der Waals surface area contributed by atoms with Gasteiger partial charge in [0, 0.05) is 37.8 Å². The van der Waals surface area contributed by atoms with E-state index in [9.17, 15) is 29.4 Å². The van der Waals surface area contributed by atoms with Gasteiger partial charge in [0.25, 0.3) is 0 Å². The van der Waals surface area contributed by atoms with Crippen LogP contribution in [0.15, 0.2) is 46.3 Å². The summed E-state index contributed by atoms with van der Waals surface area (Å²) in [5, 5.41) is 21.0. The predicted octanol–water partition coefficient (Wildman–Crippen LogP) is 1.56. The van der Waals surface area contributed by atoms with Crippen molar-refractivity contribution in [3.8, 4) is 0 Å². The smallest absolute Gasteiger partial charge is 0.343 e. The molecule has 1 heterocycles. The Hall–Kier alpha value is -3.24. The summed E-state index contributed by atoms with van der Waals surface area (Å²) in [7, 11) is 0. The molecule has 2 aliphatic rings. The maximum atomic E-state index is 12.7. The summed E-state index contributed by atoms with van der Waals surface area (Å²) in [6.45, 7) is 6.10. The van der Waals surface area contributed by atoms with Crippen LogP contribution in [0, 0.1) is 0 Å². The van der Waals surface area contributed by atoms with Gasteiger partial charge in [0.1, 0.15) is 24.6 Å². The molecule has 10 heteroatoms. The molecule has 1 aliphatic heterocycles. The second-order valence-corrected chi connectivity index (χ2v) is 8.33. The third kappa shape index (κ3) is 7.13. The van der Waals surface area contributed by atoms with Crippen molar-refractivity contribution in [2.45, 2.75) is 65.3 Å². The van der Waals surface area contributed by atoms with Gasteiger partial charge < -0.3 is 29.2 Å². The lowest BCUT2D eigenvalue weighted by Gasteiger charge is -2.28. The lowest BCUT2D eigenvalue weighted by Crippen LogP contribution is -2.32. The van der Waals surface area contributed by atoms with E-state index in [1.165, 1.54) is 32.9 Å². The molecule has 3 atom stereocenters. The molecule has 2 N–H and O–H groups in total. The highest BCUT2D eigenvalue weighted by Gasteiger charge is 2.40. The van der Waals surface area contributed by atoms with E-state index in [0.29, 0.717) is 11.1 Å². The molecule has 2 rings (SSSR count). The van der Waals surface area contributed by atoms with Crippen molar-refractivity contribution in [1.82, 2.24) is 0 Å². The number of carbonyl (C=O) groups is 4. The molecule has 0 aromatic carbocycles. The summed E-state index contributed by atoms with van der Waals surface area (Å²) < 4.78 is 21.3. The number of esters is 4. The van der Waals surface area contributed by atoms with E-state index in [1.807, 2.05) is 0 Å². The van der Waals surface area contributed by atoms with E-state index in [1.54, 1.807) is 19.9 Å².